The van der Waals surface area contributed by atoms with Crippen molar-refractivity contribution in [1.82, 2.24) is 0 Å². The summed E-state index contributed by atoms with van der Waals surface area (Å²) in [5.41, 5.74) is -1.65. The molecule has 9 rings (SSSR count). The first-order chi connectivity index (χ1) is 28.3. The lowest BCUT2D eigenvalue weighted by Crippen LogP contribution is -2.48. The summed E-state index contributed by atoms with van der Waals surface area (Å²) in [6.45, 7) is 9.78. The van der Waals surface area contributed by atoms with Crippen LogP contribution < -0.4 is 25.1 Å². The van der Waals surface area contributed by atoms with Crippen LogP contribution in [0.15, 0.2) is 88.1 Å². The SMILES string of the molecule is CC1=CC(C)(C)N(C)c2cc3c(cc21)C1(c2cc4c(cc2O3)N(C)C(C)(C)C=C4CS(=O)(=O)O)c2ccc(C(=O)O)cc2C(=O)N1c1ccc2c(C(F)(F)F)cc(=O)oc2c1. The van der Waals surface area contributed by atoms with Crippen LogP contribution >= 0.6 is 0 Å². The molecule has 1 unspecified atom stereocenters. The number of benzene rings is 4. The number of likely N-dealkylation sites (N-methyl/N-ethyl adjacent to an activating group) is 2. The van der Waals surface area contributed by atoms with Gasteiger partial charge in [-0.3, -0.25) is 14.2 Å². The lowest BCUT2D eigenvalue weighted by Gasteiger charge is -2.47. The number of carboxylic acids is 1. The maximum absolute atomic E-state index is 15.3. The van der Waals surface area contributed by atoms with Crippen molar-refractivity contribution in [2.24, 2.45) is 0 Å². The van der Waals surface area contributed by atoms with Gasteiger partial charge in [0.1, 0.15) is 28.4 Å². The van der Waals surface area contributed by atoms with Gasteiger partial charge < -0.3 is 24.1 Å². The second-order valence-electron chi connectivity index (χ2n) is 17.1. The van der Waals surface area contributed by atoms with Crippen LogP contribution in [0.25, 0.3) is 22.1 Å². The molecule has 2 N–H and O–H groups in total. The van der Waals surface area contributed by atoms with E-state index in [0.29, 0.717) is 34.2 Å². The normalized spacial score (nSPS) is 19.7. The summed E-state index contributed by atoms with van der Waals surface area (Å²) in [6.07, 6.45) is -1.13. The first kappa shape index (κ1) is 40.0. The van der Waals surface area contributed by atoms with E-state index in [9.17, 15) is 40.8 Å². The molecule has 0 saturated heterocycles. The van der Waals surface area contributed by atoms with Gasteiger partial charge in [-0.1, -0.05) is 18.2 Å². The van der Waals surface area contributed by atoms with Crippen LogP contribution in [0.3, 0.4) is 0 Å². The van der Waals surface area contributed by atoms with E-state index in [-0.39, 0.29) is 33.7 Å². The van der Waals surface area contributed by atoms with E-state index in [1.165, 1.54) is 35.2 Å². The Labute approximate surface area is 347 Å². The number of nitrogens with zero attached hydrogens (tertiary/aromatic N) is 3. The summed E-state index contributed by atoms with van der Waals surface area (Å²) in [4.78, 5) is 45.7. The van der Waals surface area contributed by atoms with Crippen molar-refractivity contribution in [1.29, 1.82) is 0 Å². The Kier molecular flexibility index (Phi) is 8.26. The highest BCUT2D eigenvalue weighted by Gasteiger charge is 2.58. The van der Waals surface area contributed by atoms with Gasteiger partial charge in [0.2, 0.25) is 0 Å². The van der Waals surface area contributed by atoms with Gasteiger partial charge in [-0.05, 0) is 82.2 Å². The molecule has 0 saturated carbocycles. The number of ether oxygens (including phenoxy) is 1. The van der Waals surface area contributed by atoms with Gasteiger partial charge in [0.25, 0.3) is 16.0 Å². The number of aromatic carboxylic acids is 1. The van der Waals surface area contributed by atoms with Gasteiger partial charge in [-0.15, -0.1) is 0 Å². The average Bonchev–Trinajstić information content (AvgIpc) is 3.41. The molecule has 5 aromatic rings. The van der Waals surface area contributed by atoms with E-state index in [1.807, 2.05) is 65.7 Å². The molecule has 4 aliphatic heterocycles. The van der Waals surface area contributed by atoms with Gasteiger partial charge in [0.05, 0.1) is 22.2 Å². The third-order valence-corrected chi connectivity index (χ3v) is 13.2. The molecular weight excluding hydrogens is 816 g/mol. The van der Waals surface area contributed by atoms with Crippen LogP contribution in [0.5, 0.6) is 11.5 Å². The number of carbonyl (C=O) groups is 2. The van der Waals surface area contributed by atoms with E-state index in [1.54, 1.807) is 18.2 Å². The quantitative estimate of drug-likeness (QED) is 0.132. The predicted molar refractivity (Wildman–Crippen MR) is 224 cm³/mol. The Morgan fingerprint density at radius 3 is 2.00 bits per heavy atom. The molecule has 1 spiro atoms. The maximum atomic E-state index is 15.3. The molecule has 4 aromatic carbocycles. The summed E-state index contributed by atoms with van der Waals surface area (Å²) >= 11 is 0. The Balaban J connectivity index is 1.45. The molecule has 0 fully saturated rings. The molecule has 16 heteroatoms. The number of carbonyl (C=O) groups excluding carboxylic acids is 1. The fraction of sp³-hybridized carbons (Fsp3) is 0.267. The minimum absolute atomic E-state index is 0.0141. The number of fused-ring (bicyclic) bond motifs is 9. The number of allylic oxidation sites excluding steroid dienone is 1. The predicted octanol–water partition coefficient (Wildman–Crippen LogP) is 8.70. The van der Waals surface area contributed by atoms with Crippen molar-refractivity contribution in [3.63, 3.8) is 0 Å². The van der Waals surface area contributed by atoms with Crippen LogP contribution in [0.1, 0.15) is 88.7 Å². The van der Waals surface area contributed by atoms with Gasteiger partial charge in [0, 0.05) is 94.2 Å². The molecular formula is C45H38F3N3O9S. The molecule has 61 heavy (non-hydrogen) atoms. The van der Waals surface area contributed by atoms with Crippen molar-refractivity contribution in [3.05, 3.63) is 134 Å². The highest BCUT2D eigenvalue weighted by molar-refractivity contribution is 7.86. The summed E-state index contributed by atoms with van der Waals surface area (Å²) in [6, 6.07) is 15.2. The molecule has 1 amide bonds. The molecule has 0 bridgehead atoms. The average molecular weight is 854 g/mol. The number of alkyl halides is 3. The highest BCUT2D eigenvalue weighted by atomic mass is 32.2. The number of hydrogen-bond donors (Lipinski definition) is 2. The Hall–Kier alpha value is -6.39. The van der Waals surface area contributed by atoms with Gasteiger partial charge in [0.15, 0.2) is 0 Å². The Morgan fingerprint density at radius 2 is 1.39 bits per heavy atom. The van der Waals surface area contributed by atoms with Gasteiger partial charge >= 0.3 is 17.8 Å². The third kappa shape index (κ3) is 5.82. The zero-order chi connectivity index (χ0) is 44.1. The summed E-state index contributed by atoms with van der Waals surface area (Å²) < 4.78 is 90.3. The van der Waals surface area contributed by atoms with Crippen molar-refractivity contribution >= 4 is 61.2 Å². The van der Waals surface area contributed by atoms with Crippen molar-refractivity contribution in [2.45, 2.75) is 57.4 Å². The van der Waals surface area contributed by atoms with Crippen molar-refractivity contribution in [3.8, 4) is 11.5 Å². The number of carboxylic acid groups (broad SMARTS) is 1. The summed E-state index contributed by atoms with van der Waals surface area (Å²) in [5, 5.41) is 9.68. The van der Waals surface area contributed by atoms with E-state index < -0.39 is 72.7 Å². The van der Waals surface area contributed by atoms with Crippen LogP contribution in [0.4, 0.5) is 30.2 Å². The molecule has 12 nitrogen and oxygen atoms in total. The fourth-order valence-corrected chi connectivity index (χ4v) is 10.1. The topological polar surface area (TPSA) is 158 Å². The lowest BCUT2D eigenvalue weighted by atomic mass is 9.72. The van der Waals surface area contributed by atoms with Gasteiger partial charge in [-0.2, -0.15) is 21.6 Å². The van der Waals surface area contributed by atoms with E-state index in [0.717, 1.165) is 22.9 Å². The summed E-state index contributed by atoms with van der Waals surface area (Å²) in [5.74, 6) is -2.28. The first-order valence-electron chi connectivity index (χ1n) is 19.1. The van der Waals surface area contributed by atoms with E-state index in [4.69, 9.17) is 9.15 Å². The lowest BCUT2D eigenvalue weighted by molar-refractivity contribution is -0.136. The van der Waals surface area contributed by atoms with E-state index in [2.05, 4.69) is 11.0 Å². The first-order valence-corrected chi connectivity index (χ1v) is 20.7. The molecule has 1 atom stereocenters. The van der Waals surface area contributed by atoms with Crippen LogP contribution in [0.2, 0.25) is 0 Å². The minimum Gasteiger partial charge on any atom is -0.478 e. The second-order valence-corrected chi connectivity index (χ2v) is 18.5. The van der Waals surface area contributed by atoms with Crippen LogP contribution in [0, 0.1) is 0 Å². The molecule has 0 radical (unpaired) electrons. The smallest absolute Gasteiger partial charge is 0.417 e. The van der Waals surface area contributed by atoms with Crippen LogP contribution in [-0.2, 0) is 21.8 Å². The zero-order valence-electron chi connectivity index (χ0n) is 33.8. The zero-order valence-corrected chi connectivity index (χ0v) is 34.7. The van der Waals surface area contributed by atoms with E-state index >= 15 is 4.79 Å². The Morgan fingerprint density at radius 1 is 0.787 bits per heavy atom. The number of anilines is 3. The fourth-order valence-electron chi connectivity index (χ4n) is 9.44. The van der Waals surface area contributed by atoms with Gasteiger partial charge in [-0.25, -0.2) is 9.59 Å². The minimum atomic E-state index is -4.93. The molecule has 314 valence electrons. The molecule has 1 aromatic heterocycles. The van der Waals surface area contributed by atoms with Crippen molar-refractivity contribution in [2.75, 3.05) is 34.5 Å². The summed E-state index contributed by atoms with van der Waals surface area (Å²) in [7, 11) is -0.844. The Bertz CT molecular complexity index is 3090. The standard InChI is InChI=1S/C45H38F3N3O9S/c1-22-19-42(2,3)49(6)34-17-37-32(14-27(22)34)44(33-15-28-24(21-61(56,57)58)20-43(4,5)50(7)35(28)18-38(33)59-37)30-11-8-23(41(54)55)12-29(30)40(53)51(44)25-9-10-26-31(45(46,47)48)16-39(52)60-36(26)13-25/h8-20H,21H2,1-7H3,(H,54,55)(H,56,57,58). The largest absolute Gasteiger partial charge is 0.478 e. The number of hydrogen-bond acceptors (Lipinski definition) is 9. The van der Waals surface area contributed by atoms with Crippen molar-refractivity contribution < 1.29 is 50.0 Å². The molecule has 0 aliphatic carbocycles. The maximum Gasteiger partial charge on any atom is 0.417 e. The number of rotatable bonds is 4. The van der Waals surface area contributed by atoms with Crippen LogP contribution in [-0.4, -0.2) is 60.9 Å². The number of halogens is 3. The second kappa shape index (κ2) is 12.6. The molecule has 4 aliphatic rings. The highest BCUT2D eigenvalue weighted by Crippen LogP contribution is 2.62. The monoisotopic (exact) mass is 853 g/mol. The third-order valence-electron chi connectivity index (χ3n) is 12.6. The number of amides is 1. The molecule has 5 heterocycles.